The second-order valence-corrected chi connectivity index (χ2v) is 7.96. The molecule has 2 rings (SSSR count). The van der Waals surface area contributed by atoms with Crippen LogP contribution >= 0.6 is 0 Å². The smallest absolute Gasteiger partial charge is 0.150 e. The van der Waals surface area contributed by atoms with Gasteiger partial charge in [-0.25, -0.2) is 8.42 Å². The monoisotopic (exact) mass is 245 g/mol. The molecular weight excluding hydrogens is 222 g/mol. The van der Waals surface area contributed by atoms with E-state index < -0.39 is 9.84 Å². The summed E-state index contributed by atoms with van der Waals surface area (Å²) in [5.41, 5.74) is 6.32. The van der Waals surface area contributed by atoms with E-state index in [0.717, 1.165) is 38.5 Å². The Morgan fingerprint density at radius 1 is 1.19 bits per heavy atom. The first-order valence-corrected chi connectivity index (χ1v) is 8.31. The highest BCUT2D eigenvalue weighted by atomic mass is 32.2. The molecule has 0 amide bonds. The Labute approximate surface area is 98.7 Å². The van der Waals surface area contributed by atoms with Gasteiger partial charge in [0.05, 0.1) is 11.5 Å². The van der Waals surface area contributed by atoms with E-state index in [9.17, 15) is 8.42 Å². The normalized spacial score (nSPS) is 32.7. The summed E-state index contributed by atoms with van der Waals surface area (Å²) in [6.45, 7) is 0. The zero-order valence-electron chi connectivity index (χ0n) is 9.95. The van der Waals surface area contributed by atoms with Crippen molar-refractivity contribution < 1.29 is 8.42 Å². The van der Waals surface area contributed by atoms with Crippen LogP contribution in [-0.2, 0) is 9.84 Å². The summed E-state index contributed by atoms with van der Waals surface area (Å²) in [5.74, 6) is 1.18. The molecule has 0 aromatic carbocycles. The van der Waals surface area contributed by atoms with Crippen LogP contribution < -0.4 is 5.73 Å². The van der Waals surface area contributed by atoms with Crippen LogP contribution in [0, 0.1) is 5.92 Å². The molecule has 1 heterocycles. The van der Waals surface area contributed by atoms with Crippen molar-refractivity contribution in [1.82, 2.24) is 0 Å². The summed E-state index contributed by atoms with van der Waals surface area (Å²) in [4.78, 5) is 0. The highest BCUT2D eigenvalue weighted by molar-refractivity contribution is 7.91. The Morgan fingerprint density at radius 3 is 2.50 bits per heavy atom. The third-order valence-corrected chi connectivity index (χ3v) is 6.10. The van der Waals surface area contributed by atoms with Crippen molar-refractivity contribution in [1.29, 1.82) is 0 Å². The Balaban J connectivity index is 1.81. The molecule has 0 spiro atoms. The molecule has 0 radical (unpaired) electrons. The van der Waals surface area contributed by atoms with E-state index in [1.165, 1.54) is 12.8 Å². The van der Waals surface area contributed by atoms with E-state index in [4.69, 9.17) is 5.73 Å². The quantitative estimate of drug-likeness (QED) is 0.825. The Morgan fingerprint density at radius 2 is 1.88 bits per heavy atom. The van der Waals surface area contributed by atoms with Gasteiger partial charge in [0.15, 0.2) is 9.84 Å². The summed E-state index contributed by atoms with van der Waals surface area (Å²) >= 11 is 0. The van der Waals surface area contributed by atoms with E-state index in [-0.39, 0.29) is 5.54 Å². The van der Waals surface area contributed by atoms with Crippen molar-refractivity contribution in [2.45, 2.75) is 56.9 Å². The van der Waals surface area contributed by atoms with Crippen molar-refractivity contribution in [3.63, 3.8) is 0 Å². The lowest BCUT2D eigenvalue weighted by atomic mass is 9.87. The molecule has 1 aliphatic carbocycles. The second-order valence-electron chi connectivity index (χ2n) is 5.73. The van der Waals surface area contributed by atoms with Gasteiger partial charge < -0.3 is 5.73 Å². The average molecular weight is 245 g/mol. The minimum absolute atomic E-state index is 0.0290. The molecule has 1 saturated heterocycles. The standard InChI is InChI=1S/C12H23NO2S/c13-12(6-1-2-7-12)8-5-11-4-3-9-16(14,15)10-11/h11H,1-10,13H2. The molecule has 3 nitrogen and oxygen atoms in total. The average Bonchev–Trinajstić information content (AvgIpc) is 2.62. The van der Waals surface area contributed by atoms with Gasteiger partial charge in [0.2, 0.25) is 0 Å². The van der Waals surface area contributed by atoms with Crippen molar-refractivity contribution in [3.8, 4) is 0 Å². The lowest BCUT2D eigenvalue weighted by Gasteiger charge is -2.28. The largest absolute Gasteiger partial charge is 0.325 e. The van der Waals surface area contributed by atoms with Crippen LogP contribution in [0.2, 0.25) is 0 Å². The van der Waals surface area contributed by atoms with E-state index in [1.807, 2.05) is 0 Å². The predicted molar refractivity (Wildman–Crippen MR) is 66.0 cm³/mol. The van der Waals surface area contributed by atoms with E-state index in [2.05, 4.69) is 0 Å². The van der Waals surface area contributed by atoms with Gasteiger partial charge in [-0.15, -0.1) is 0 Å². The molecule has 1 saturated carbocycles. The summed E-state index contributed by atoms with van der Waals surface area (Å²) < 4.78 is 23.0. The highest BCUT2D eigenvalue weighted by Gasteiger charge is 2.31. The van der Waals surface area contributed by atoms with Crippen molar-refractivity contribution in [3.05, 3.63) is 0 Å². The fourth-order valence-electron chi connectivity index (χ4n) is 3.17. The number of nitrogens with two attached hydrogens (primary N) is 1. The fraction of sp³-hybridized carbons (Fsp3) is 1.00. The summed E-state index contributed by atoms with van der Waals surface area (Å²) in [7, 11) is -2.74. The van der Waals surface area contributed by atoms with Gasteiger partial charge >= 0.3 is 0 Å². The number of sulfone groups is 1. The molecule has 94 valence electrons. The van der Waals surface area contributed by atoms with Crippen LogP contribution in [0.25, 0.3) is 0 Å². The molecule has 2 N–H and O–H groups in total. The molecule has 1 atom stereocenters. The van der Waals surface area contributed by atoms with Gasteiger partial charge in [-0.1, -0.05) is 12.8 Å². The Kier molecular flexibility index (Phi) is 3.59. The summed E-state index contributed by atoms with van der Waals surface area (Å²) in [6.07, 6.45) is 8.72. The number of hydrogen-bond donors (Lipinski definition) is 1. The van der Waals surface area contributed by atoms with Crippen LogP contribution in [0.3, 0.4) is 0 Å². The van der Waals surface area contributed by atoms with Crippen molar-refractivity contribution >= 4 is 9.84 Å². The molecule has 1 aliphatic heterocycles. The molecule has 2 aliphatic rings. The summed E-state index contributed by atoms with van der Waals surface area (Å²) in [6, 6.07) is 0. The molecule has 16 heavy (non-hydrogen) atoms. The van der Waals surface area contributed by atoms with Gasteiger partial charge in [0.1, 0.15) is 0 Å². The maximum atomic E-state index is 11.5. The molecule has 0 aromatic rings. The minimum Gasteiger partial charge on any atom is -0.325 e. The molecule has 2 fully saturated rings. The van der Waals surface area contributed by atoms with E-state index in [0.29, 0.717) is 17.4 Å². The Hall–Kier alpha value is -0.0900. The number of hydrogen-bond acceptors (Lipinski definition) is 3. The highest BCUT2D eigenvalue weighted by Crippen LogP contribution is 2.33. The van der Waals surface area contributed by atoms with Crippen LogP contribution in [-0.4, -0.2) is 25.5 Å². The van der Waals surface area contributed by atoms with Crippen molar-refractivity contribution in [2.24, 2.45) is 11.7 Å². The van der Waals surface area contributed by atoms with Crippen LogP contribution in [0.4, 0.5) is 0 Å². The maximum Gasteiger partial charge on any atom is 0.150 e. The first-order chi connectivity index (χ1) is 7.49. The molecule has 1 unspecified atom stereocenters. The first-order valence-electron chi connectivity index (χ1n) is 6.48. The zero-order valence-corrected chi connectivity index (χ0v) is 10.8. The third-order valence-electron chi connectivity index (χ3n) is 4.21. The van der Waals surface area contributed by atoms with Gasteiger partial charge in [-0.3, -0.25) is 0 Å². The maximum absolute atomic E-state index is 11.5. The van der Waals surface area contributed by atoms with Crippen LogP contribution in [0.5, 0.6) is 0 Å². The zero-order chi connectivity index (χ0) is 11.6. The predicted octanol–water partition coefficient (Wildman–Crippen LogP) is 1.86. The SMILES string of the molecule is NC1(CCC2CCCS(=O)(=O)C2)CCCC1. The van der Waals surface area contributed by atoms with E-state index in [1.54, 1.807) is 0 Å². The van der Waals surface area contributed by atoms with Crippen LogP contribution in [0.1, 0.15) is 51.4 Å². The lowest BCUT2D eigenvalue weighted by Crippen LogP contribution is -2.37. The molecule has 4 heteroatoms. The third kappa shape index (κ3) is 3.20. The molecular formula is C12H23NO2S. The fourth-order valence-corrected chi connectivity index (χ4v) is 4.99. The Bertz CT molecular complexity index is 331. The first kappa shape index (κ1) is 12.4. The van der Waals surface area contributed by atoms with Gasteiger partial charge in [0.25, 0.3) is 0 Å². The topological polar surface area (TPSA) is 60.2 Å². The number of rotatable bonds is 3. The summed E-state index contributed by atoms with van der Waals surface area (Å²) in [5, 5.41) is 0. The lowest BCUT2D eigenvalue weighted by molar-refractivity contribution is 0.342. The van der Waals surface area contributed by atoms with E-state index >= 15 is 0 Å². The van der Waals surface area contributed by atoms with Gasteiger partial charge in [-0.2, -0.15) is 0 Å². The van der Waals surface area contributed by atoms with Gasteiger partial charge in [-0.05, 0) is 44.4 Å². The molecule has 0 bridgehead atoms. The second kappa shape index (κ2) is 4.65. The van der Waals surface area contributed by atoms with Crippen LogP contribution in [0.15, 0.2) is 0 Å². The van der Waals surface area contributed by atoms with Gasteiger partial charge in [0, 0.05) is 5.54 Å². The molecule has 0 aromatic heterocycles. The van der Waals surface area contributed by atoms with Crippen molar-refractivity contribution in [2.75, 3.05) is 11.5 Å². The minimum atomic E-state index is -2.74.